The third-order valence-electron chi connectivity index (χ3n) is 5.12. The Morgan fingerprint density at radius 2 is 2.00 bits per heavy atom. The number of rotatable bonds is 6. The van der Waals surface area contributed by atoms with Crippen molar-refractivity contribution in [2.45, 2.75) is 32.2 Å². The summed E-state index contributed by atoms with van der Waals surface area (Å²) in [5.74, 6) is 1.01. The van der Waals surface area contributed by atoms with E-state index < -0.39 is 0 Å². The first-order chi connectivity index (χ1) is 11.2. The second kappa shape index (κ2) is 8.84. The zero-order valence-corrected chi connectivity index (χ0v) is 15.6. The van der Waals surface area contributed by atoms with E-state index in [4.69, 9.17) is 0 Å². The van der Waals surface area contributed by atoms with Gasteiger partial charge in [-0.2, -0.15) is 0 Å². The van der Waals surface area contributed by atoms with Crippen LogP contribution < -0.4 is 5.32 Å². The third kappa shape index (κ3) is 4.95. The summed E-state index contributed by atoms with van der Waals surface area (Å²) in [6.45, 7) is 6.46. The number of hydrogen-bond donors (Lipinski definition) is 1. The van der Waals surface area contributed by atoms with E-state index in [0.29, 0.717) is 12.6 Å². The van der Waals surface area contributed by atoms with E-state index in [1.807, 2.05) is 11.9 Å². The smallest absolute Gasteiger partial charge is 0.236 e. The topological polar surface area (TPSA) is 35.6 Å². The van der Waals surface area contributed by atoms with Crippen LogP contribution in [-0.2, 0) is 11.2 Å². The molecule has 1 aliphatic carbocycles. The molecule has 0 aromatic heterocycles. The van der Waals surface area contributed by atoms with Crippen LogP contribution in [0.5, 0.6) is 0 Å². The second-order valence-electron chi connectivity index (χ2n) is 7.00. The highest BCUT2D eigenvalue weighted by atomic mass is 35.5. The molecule has 1 saturated heterocycles. The van der Waals surface area contributed by atoms with Crippen molar-refractivity contribution in [3.8, 4) is 0 Å². The Labute approximate surface area is 152 Å². The van der Waals surface area contributed by atoms with Gasteiger partial charge in [0, 0.05) is 39.3 Å². The van der Waals surface area contributed by atoms with Crippen LogP contribution in [0.3, 0.4) is 0 Å². The molecule has 1 aromatic carbocycles. The quantitative estimate of drug-likeness (QED) is 0.855. The highest BCUT2D eigenvalue weighted by molar-refractivity contribution is 5.85. The largest absolute Gasteiger partial charge is 0.344 e. The fourth-order valence-corrected chi connectivity index (χ4v) is 3.32. The van der Waals surface area contributed by atoms with Crippen molar-refractivity contribution in [2.24, 2.45) is 5.92 Å². The number of carbonyl (C=O) groups is 1. The normalized spacial score (nSPS) is 21.2. The van der Waals surface area contributed by atoms with Crippen molar-refractivity contribution in [3.63, 3.8) is 0 Å². The maximum atomic E-state index is 12.5. The van der Waals surface area contributed by atoms with Crippen molar-refractivity contribution in [3.05, 3.63) is 35.4 Å². The summed E-state index contributed by atoms with van der Waals surface area (Å²) in [4.78, 5) is 16.8. The maximum Gasteiger partial charge on any atom is 0.236 e. The van der Waals surface area contributed by atoms with Gasteiger partial charge < -0.3 is 10.2 Å². The molecule has 2 fully saturated rings. The molecule has 134 valence electrons. The number of hydrogen-bond acceptors (Lipinski definition) is 3. The SMILES string of the molecule is CCc1ccc(C2CNCCN2CC(=O)N(C)CC2CC2)cc1.Cl. The van der Waals surface area contributed by atoms with Crippen molar-refractivity contribution < 1.29 is 4.79 Å². The van der Waals surface area contributed by atoms with E-state index in [2.05, 4.69) is 41.4 Å². The summed E-state index contributed by atoms with van der Waals surface area (Å²) in [5, 5.41) is 3.47. The lowest BCUT2D eigenvalue weighted by atomic mass is 10.0. The molecule has 1 aromatic rings. The lowest BCUT2D eigenvalue weighted by Gasteiger charge is -2.37. The number of piperazine rings is 1. The van der Waals surface area contributed by atoms with E-state index in [-0.39, 0.29) is 18.3 Å². The number of benzene rings is 1. The van der Waals surface area contributed by atoms with Crippen molar-refractivity contribution in [1.29, 1.82) is 0 Å². The first-order valence-corrected chi connectivity index (χ1v) is 8.95. The molecular weight excluding hydrogens is 322 g/mol. The van der Waals surface area contributed by atoms with Crippen LogP contribution in [0.2, 0.25) is 0 Å². The summed E-state index contributed by atoms with van der Waals surface area (Å²) in [6, 6.07) is 9.17. The fraction of sp³-hybridized carbons (Fsp3) is 0.632. The minimum absolute atomic E-state index is 0. The summed E-state index contributed by atoms with van der Waals surface area (Å²) in [6.07, 6.45) is 3.65. The summed E-state index contributed by atoms with van der Waals surface area (Å²) in [5.41, 5.74) is 2.68. The first kappa shape index (κ1) is 19.2. The lowest BCUT2D eigenvalue weighted by Crippen LogP contribution is -2.49. The number of carbonyl (C=O) groups excluding carboxylic acids is 1. The van der Waals surface area contributed by atoms with E-state index in [9.17, 15) is 4.79 Å². The van der Waals surface area contributed by atoms with Crippen LogP contribution in [0.15, 0.2) is 24.3 Å². The minimum atomic E-state index is 0. The number of likely N-dealkylation sites (N-methyl/N-ethyl adjacent to an activating group) is 1. The maximum absolute atomic E-state index is 12.5. The molecule has 1 atom stereocenters. The van der Waals surface area contributed by atoms with E-state index in [1.54, 1.807) is 0 Å². The van der Waals surface area contributed by atoms with Gasteiger partial charge in [-0.1, -0.05) is 31.2 Å². The number of nitrogens with one attached hydrogen (secondary N) is 1. The van der Waals surface area contributed by atoms with Gasteiger partial charge in [0.15, 0.2) is 0 Å². The molecule has 0 spiro atoms. The fourth-order valence-electron chi connectivity index (χ4n) is 3.32. The average molecular weight is 352 g/mol. The van der Waals surface area contributed by atoms with Gasteiger partial charge in [-0.25, -0.2) is 0 Å². The summed E-state index contributed by atoms with van der Waals surface area (Å²) < 4.78 is 0. The molecule has 1 saturated carbocycles. The van der Waals surface area contributed by atoms with Crippen molar-refractivity contribution in [1.82, 2.24) is 15.1 Å². The van der Waals surface area contributed by atoms with Gasteiger partial charge in [0.2, 0.25) is 5.91 Å². The van der Waals surface area contributed by atoms with Gasteiger partial charge in [0.25, 0.3) is 0 Å². The van der Waals surface area contributed by atoms with E-state index in [1.165, 1.54) is 24.0 Å². The molecule has 1 aliphatic heterocycles. The molecule has 0 bridgehead atoms. The van der Waals surface area contributed by atoms with Gasteiger partial charge in [-0.15, -0.1) is 12.4 Å². The summed E-state index contributed by atoms with van der Waals surface area (Å²) in [7, 11) is 1.95. The van der Waals surface area contributed by atoms with Gasteiger partial charge in [-0.05, 0) is 36.3 Å². The molecule has 24 heavy (non-hydrogen) atoms. The molecule has 4 nitrogen and oxygen atoms in total. The Morgan fingerprint density at radius 3 is 2.62 bits per heavy atom. The molecule has 3 rings (SSSR count). The molecule has 1 N–H and O–H groups in total. The Bertz CT molecular complexity index is 530. The molecule has 1 amide bonds. The van der Waals surface area contributed by atoms with Crippen LogP contribution in [-0.4, -0.2) is 55.5 Å². The molecule has 1 unspecified atom stereocenters. The standard InChI is InChI=1S/C19H29N3O.ClH/c1-3-15-6-8-17(9-7-15)18-12-20-10-11-22(18)14-19(23)21(2)13-16-4-5-16;/h6-9,16,18,20H,3-5,10-14H2,1-2H3;1H. The summed E-state index contributed by atoms with van der Waals surface area (Å²) >= 11 is 0. The van der Waals surface area contributed by atoms with Gasteiger partial charge >= 0.3 is 0 Å². The van der Waals surface area contributed by atoms with Gasteiger partial charge in [-0.3, -0.25) is 9.69 Å². The van der Waals surface area contributed by atoms with Crippen LogP contribution >= 0.6 is 12.4 Å². The predicted octanol–water partition coefficient (Wildman–Crippen LogP) is 2.49. The number of nitrogens with zero attached hydrogens (tertiary/aromatic N) is 2. The first-order valence-electron chi connectivity index (χ1n) is 8.95. The van der Waals surface area contributed by atoms with Crippen LogP contribution in [0.25, 0.3) is 0 Å². The average Bonchev–Trinajstić information content (AvgIpc) is 3.39. The van der Waals surface area contributed by atoms with Gasteiger partial charge in [0.1, 0.15) is 0 Å². The number of halogens is 1. The van der Waals surface area contributed by atoms with Gasteiger partial charge in [0.05, 0.1) is 6.54 Å². The molecule has 2 aliphatic rings. The predicted molar refractivity (Wildman–Crippen MR) is 101 cm³/mol. The lowest BCUT2D eigenvalue weighted by molar-refractivity contribution is -0.132. The zero-order chi connectivity index (χ0) is 16.2. The van der Waals surface area contributed by atoms with E-state index >= 15 is 0 Å². The Kier molecular flexibility index (Phi) is 7.08. The van der Waals surface area contributed by atoms with Crippen molar-refractivity contribution in [2.75, 3.05) is 39.8 Å². The number of amides is 1. The zero-order valence-electron chi connectivity index (χ0n) is 14.8. The second-order valence-corrected chi connectivity index (χ2v) is 7.00. The Morgan fingerprint density at radius 1 is 1.29 bits per heavy atom. The molecule has 0 radical (unpaired) electrons. The van der Waals surface area contributed by atoms with Crippen molar-refractivity contribution >= 4 is 18.3 Å². The number of aryl methyl sites for hydroxylation is 1. The Hall–Kier alpha value is -1.10. The van der Waals surface area contributed by atoms with Crippen LogP contribution in [0.1, 0.15) is 36.9 Å². The molecule has 1 heterocycles. The highest BCUT2D eigenvalue weighted by Gasteiger charge is 2.29. The molecular formula is C19H30ClN3O. The third-order valence-corrected chi connectivity index (χ3v) is 5.12. The Balaban J connectivity index is 0.00000208. The molecule has 5 heteroatoms. The minimum Gasteiger partial charge on any atom is -0.344 e. The van der Waals surface area contributed by atoms with Crippen LogP contribution in [0, 0.1) is 5.92 Å². The monoisotopic (exact) mass is 351 g/mol. The van der Waals surface area contributed by atoms with Crippen LogP contribution in [0.4, 0.5) is 0 Å². The van der Waals surface area contributed by atoms with E-state index in [0.717, 1.165) is 38.5 Å². The highest BCUT2D eigenvalue weighted by Crippen LogP contribution is 2.29.